The monoisotopic (exact) mass is 221 g/mol. The summed E-state index contributed by atoms with van der Waals surface area (Å²) in [4.78, 5) is 18.6. The predicted molar refractivity (Wildman–Crippen MR) is 63.5 cm³/mol. The van der Waals surface area contributed by atoms with Gasteiger partial charge < -0.3 is 10.3 Å². The molecule has 2 rings (SSSR count). The molecule has 0 atom stereocenters. The van der Waals surface area contributed by atoms with E-state index in [-0.39, 0.29) is 5.12 Å². The second kappa shape index (κ2) is 3.94. The molecule has 5 heteroatoms. The number of rotatable bonds is 2. The van der Waals surface area contributed by atoms with Crippen LogP contribution in [-0.4, -0.2) is 28.4 Å². The molecular formula is C10H11N3OS. The lowest BCUT2D eigenvalue weighted by Crippen LogP contribution is -1.93. The van der Waals surface area contributed by atoms with E-state index in [0.29, 0.717) is 5.82 Å². The van der Waals surface area contributed by atoms with E-state index in [1.165, 1.54) is 0 Å². The minimum absolute atomic E-state index is 0.0443. The predicted octanol–water partition coefficient (Wildman–Crippen LogP) is 2.11. The first kappa shape index (κ1) is 10.0. The zero-order chi connectivity index (χ0) is 10.8. The van der Waals surface area contributed by atoms with Crippen LogP contribution in [0.3, 0.4) is 0 Å². The number of H-pyrrole nitrogens is 1. The zero-order valence-electron chi connectivity index (χ0n) is 8.50. The Morgan fingerprint density at radius 3 is 3.00 bits per heavy atom. The molecule has 4 nitrogen and oxygen atoms in total. The molecule has 2 aromatic rings. The fourth-order valence-corrected chi connectivity index (χ4v) is 1.65. The Balaban J connectivity index is 2.51. The van der Waals surface area contributed by atoms with Gasteiger partial charge in [-0.2, -0.15) is 0 Å². The Labute approximate surface area is 91.5 Å². The molecule has 1 aromatic carbocycles. The van der Waals surface area contributed by atoms with Gasteiger partial charge in [-0.05, 0) is 24.5 Å². The lowest BCUT2D eigenvalue weighted by atomic mass is 10.3. The summed E-state index contributed by atoms with van der Waals surface area (Å²) in [7, 11) is 1.85. The third kappa shape index (κ3) is 1.83. The molecule has 1 aromatic heterocycles. The molecule has 78 valence electrons. The second-order valence-electron chi connectivity index (χ2n) is 3.06. The fraction of sp³-hybridized carbons (Fsp3) is 0.200. The number of carbonyl (C=O) groups excluding carboxylic acids is 1. The smallest absolute Gasteiger partial charge is 0.254 e. The van der Waals surface area contributed by atoms with Crippen molar-refractivity contribution in [2.75, 3.05) is 18.6 Å². The SMILES string of the molecule is CNc1ccc2nc(C(=O)SC)[nH]c2c1. The summed E-state index contributed by atoms with van der Waals surface area (Å²) in [5.74, 6) is 0.408. The van der Waals surface area contributed by atoms with Gasteiger partial charge in [0.05, 0.1) is 11.0 Å². The number of benzene rings is 1. The highest BCUT2D eigenvalue weighted by atomic mass is 32.2. The van der Waals surface area contributed by atoms with E-state index in [0.717, 1.165) is 28.5 Å². The van der Waals surface area contributed by atoms with Crippen molar-refractivity contribution >= 4 is 33.6 Å². The lowest BCUT2D eigenvalue weighted by Gasteiger charge is -1.97. The van der Waals surface area contributed by atoms with E-state index in [1.807, 2.05) is 25.2 Å². The van der Waals surface area contributed by atoms with E-state index in [9.17, 15) is 4.79 Å². The number of fused-ring (bicyclic) bond motifs is 1. The Hall–Kier alpha value is -1.49. The van der Waals surface area contributed by atoms with Crippen LogP contribution in [0.25, 0.3) is 11.0 Å². The molecule has 0 unspecified atom stereocenters. The summed E-state index contributed by atoms with van der Waals surface area (Å²) in [6.07, 6.45) is 1.74. The molecule has 0 saturated heterocycles. The molecule has 0 radical (unpaired) electrons. The number of nitrogens with zero attached hydrogens (tertiary/aromatic N) is 1. The molecule has 0 saturated carbocycles. The number of aromatic nitrogens is 2. The number of carbonyl (C=O) groups is 1. The molecule has 0 spiro atoms. The van der Waals surface area contributed by atoms with Crippen molar-refractivity contribution in [3.05, 3.63) is 24.0 Å². The summed E-state index contributed by atoms with van der Waals surface area (Å²) in [5, 5.41) is 2.99. The Bertz CT molecular complexity index is 506. The van der Waals surface area contributed by atoms with E-state index >= 15 is 0 Å². The molecule has 0 aliphatic rings. The van der Waals surface area contributed by atoms with Gasteiger partial charge in [-0.25, -0.2) is 4.98 Å². The third-order valence-corrected chi connectivity index (χ3v) is 2.71. The lowest BCUT2D eigenvalue weighted by molar-refractivity contribution is 0.108. The maximum absolute atomic E-state index is 11.4. The molecule has 0 bridgehead atoms. The van der Waals surface area contributed by atoms with Crippen LogP contribution >= 0.6 is 11.8 Å². The minimum atomic E-state index is -0.0443. The van der Waals surface area contributed by atoms with Crippen molar-refractivity contribution in [1.82, 2.24) is 9.97 Å². The summed E-state index contributed by atoms with van der Waals surface area (Å²) in [5.41, 5.74) is 2.68. The van der Waals surface area contributed by atoms with Gasteiger partial charge in [-0.3, -0.25) is 4.79 Å². The molecule has 0 aliphatic heterocycles. The van der Waals surface area contributed by atoms with E-state index in [1.54, 1.807) is 6.26 Å². The van der Waals surface area contributed by atoms with Gasteiger partial charge >= 0.3 is 0 Å². The summed E-state index contributed by atoms with van der Waals surface area (Å²) < 4.78 is 0. The van der Waals surface area contributed by atoms with Crippen LogP contribution in [0.2, 0.25) is 0 Å². The number of hydrogen-bond acceptors (Lipinski definition) is 4. The highest BCUT2D eigenvalue weighted by molar-refractivity contribution is 8.13. The third-order valence-electron chi connectivity index (χ3n) is 2.15. The fourth-order valence-electron chi connectivity index (χ4n) is 1.36. The van der Waals surface area contributed by atoms with Crippen LogP contribution in [0.15, 0.2) is 18.2 Å². The average Bonchev–Trinajstić information content (AvgIpc) is 2.70. The second-order valence-corrected chi connectivity index (χ2v) is 3.84. The van der Waals surface area contributed by atoms with Crippen LogP contribution in [-0.2, 0) is 0 Å². The summed E-state index contributed by atoms with van der Waals surface area (Å²) >= 11 is 1.15. The van der Waals surface area contributed by atoms with Crippen molar-refractivity contribution in [2.45, 2.75) is 0 Å². The van der Waals surface area contributed by atoms with Gasteiger partial charge in [-0.1, -0.05) is 11.8 Å². The van der Waals surface area contributed by atoms with Crippen molar-refractivity contribution in [1.29, 1.82) is 0 Å². The van der Waals surface area contributed by atoms with Crippen LogP contribution in [0.5, 0.6) is 0 Å². The molecule has 1 heterocycles. The van der Waals surface area contributed by atoms with Crippen molar-refractivity contribution in [3.8, 4) is 0 Å². The first-order valence-corrected chi connectivity index (χ1v) is 5.73. The van der Waals surface area contributed by atoms with E-state index < -0.39 is 0 Å². The number of thioether (sulfide) groups is 1. The summed E-state index contributed by atoms with van der Waals surface area (Å²) in [6.45, 7) is 0. The highest BCUT2D eigenvalue weighted by Crippen LogP contribution is 2.18. The Morgan fingerprint density at radius 2 is 2.33 bits per heavy atom. The molecule has 2 N–H and O–H groups in total. The zero-order valence-corrected chi connectivity index (χ0v) is 9.31. The number of hydrogen-bond donors (Lipinski definition) is 2. The maximum atomic E-state index is 11.4. The van der Waals surface area contributed by atoms with Gasteiger partial charge in [0.25, 0.3) is 5.12 Å². The molecular weight excluding hydrogens is 210 g/mol. The van der Waals surface area contributed by atoms with E-state index in [2.05, 4.69) is 15.3 Å². The van der Waals surface area contributed by atoms with Gasteiger partial charge in [0.2, 0.25) is 0 Å². The number of nitrogens with one attached hydrogen (secondary N) is 2. The Morgan fingerprint density at radius 1 is 1.53 bits per heavy atom. The van der Waals surface area contributed by atoms with Crippen molar-refractivity contribution in [2.24, 2.45) is 0 Å². The quantitative estimate of drug-likeness (QED) is 0.815. The first-order valence-electron chi connectivity index (χ1n) is 4.50. The Kier molecular flexibility index (Phi) is 2.64. The topological polar surface area (TPSA) is 57.8 Å². The average molecular weight is 221 g/mol. The van der Waals surface area contributed by atoms with Crippen LogP contribution < -0.4 is 5.32 Å². The summed E-state index contributed by atoms with van der Waals surface area (Å²) in [6, 6.07) is 5.74. The molecule has 0 aliphatic carbocycles. The molecule has 15 heavy (non-hydrogen) atoms. The van der Waals surface area contributed by atoms with Gasteiger partial charge in [-0.15, -0.1) is 0 Å². The van der Waals surface area contributed by atoms with Crippen molar-refractivity contribution in [3.63, 3.8) is 0 Å². The highest BCUT2D eigenvalue weighted by Gasteiger charge is 2.09. The van der Waals surface area contributed by atoms with Gasteiger partial charge in [0, 0.05) is 12.7 Å². The van der Waals surface area contributed by atoms with E-state index in [4.69, 9.17) is 0 Å². The molecule has 0 amide bonds. The number of aromatic amines is 1. The van der Waals surface area contributed by atoms with Gasteiger partial charge in [0.15, 0.2) is 5.82 Å². The minimum Gasteiger partial charge on any atom is -0.388 e. The number of anilines is 1. The van der Waals surface area contributed by atoms with Crippen molar-refractivity contribution < 1.29 is 4.79 Å². The molecule has 0 fully saturated rings. The van der Waals surface area contributed by atoms with Crippen LogP contribution in [0, 0.1) is 0 Å². The normalized spacial score (nSPS) is 10.5. The number of imidazole rings is 1. The van der Waals surface area contributed by atoms with Crippen LogP contribution in [0.1, 0.15) is 10.6 Å². The first-order chi connectivity index (χ1) is 7.24. The standard InChI is InChI=1S/C10H11N3OS/c1-11-6-3-4-7-8(5-6)13-9(12-7)10(14)15-2/h3-5,11H,1-2H3,(H,12,13). The van der Waals surface area contributed by atoms with Gasteiger partial charge in [0.1, 0.15) is 0 Å². The van der Waals surface area contributed by atoms with Crippen LogP contribution in [0.4, 0.5) is 5.69 Å². The largest absolute Gasteiger partial charge is 0.388 e. The maximum Gasteiger partial charge on any atom is 0.254 e.